The first-order valence-corrected chi connectivity index (χ1v) is 15.3. The van der Waals surface area contributed by atoms with Gasteiger partial charge in [-0.05, 0) is 62.1 Å². The highest BCUT2D eigenvalue weighted by atomic mass is 32.2. The van der Waals surface area contributed by atoms with Gasteiger partial charge in [0.1, 0.15) is 18.2 Å². The van der Waals surface area contributed by atoms with Crippen LogP contribution in [0.5, 0.6) is 5.75 Å². The Hall–Kier alpha value is -4.72. The van der Waals surface area contributed by atoms with Crippen molar-refractivity contribution in [3.05, 3.63) is 78.6 Å². The molecule has 0 aliphatic heterocycles. The standard InChI is InChI=1S/C30H29FN8O3S/c1-39(2)6-7-42-23-11-20(15-32-17-23)21-12-25-29(37-38-30(25)34-16-21)27-13-24-26(36-27)4-5-33-28(24)19-8-18(9-22(31)10-19)14-35-43(3,40)41/h4-5,8-13,15-17,35-36H,6-7,14H2,1-3H3,(H,34,37,38). The highest BCUT2D eigenvalue weighted by molar-refractivity contribution is 7.88. The molecule has 0 aliphatic carbocycles. The normalized spacial score (nSPS) is 12.0. The summed E-state index contributed by atoms with van der Waals surface area (Å²) in [6.07, 6.45) is 7.91. The lowest BCUT2D eigenvalue weighted by Gasteiger charge is -2.11. The Morgan fingerprint density at radius 2 is 1.81 bits per heavy atom. The fraction of sp³-hybridized carbons (Fsp3) is 0.200. The summed E-state index contributed by atoms with van der Waals surface area (Å²) in [7, 11) is 0.547. The molecule has 3 N–H and O–H groups in total. The van der Waals surface area contributed by atoms with Gasteiger partial charge in [0.25, 0.3) is 0 Å². The number of benzene rings is 1. The lowest BCUT2D eigenvalue weighted by molar-refractivity contribution is 0.261. The van der Waals surface area contributed by atoms with Crippen LogP contribution in [-0.4, -0.2) is 77.0 Å². The summed E-state index contributed by atoms with van der Waals surface area (Å²) < 4.78 is 46.0. The molecule has 0 amide bonds. The van der Waals surface area contributed by atoms with Crippen LogP contribution in [-0.2, 0) is 16.6 Å². The maximum absolute atomic E-state index is 14.6. The molecule has 0 unspecified atom stereocenters. The lowest BCUT2D eigenvalue weighted by Crippen LogP contribution is -2.21. The Morgan fingerprint density at radius 3 is 2.63 bits per heavy atom. The summed E-state index contributed by atoms with van der Waals surface area (Å²) in [6, 6.07) is 12.1. The molecule has 6 rings (SSSR count). The van der Waals surface area contributed by atoms with Crippen molar-refractivity contribution in [3.8, 4) is 39.5 Å². The first kappa shape index (κ1) is 28.4. The van der Waals surface area contributed by atoms with Crippen molar-refractivity contribution >= 4 is 32.0 Å². The van der Waals surface area contributed by atoms with Gasteiger partial charge in [0, 0.05) is 64.7 Å². The second-order valence-electron chi connectivity index (χ2n) is 10.5. The zero-order valence-corrected chi connectivity index (χ0v) is 24.5. The molecule has 0 aliphatic rings. The molecular formula is C30H29FN8O3S. The number of nitrogens with zero attached hydrogens (tertiary/aromatic N) is 5. The summed E-state index contributed by atoms with van der Waals surface area (Å²) >= 11 is 0. The highest BCUT2D eigenvalue weighted by Gasteiger charge is 2.16. The number of rotatable bonds is 10. The van der Waals surface area contributed by atoms with E-state index in [0.717, 1.165) is 51.6 Å². The van der Waals surface area contributed by atoms with Gasteiger partial charge >= 0.3 is 0 Å². The van der Waals surface area contributed by atoms with Gasteiger partial charge in [-0.25, -0.2) is 22.5 Å². The largest absolute Gasteiger partial charge is 0.491 e. The molecule has 220 valence electrons. The molecule has 13 heteroatoms. The molecule has 0 bridgehead atoms. The van der Waals surface area contributed by atoms with Crippen LogP contribution in [0.15, 0.2) is 67.3 Å². The summed E-state index contributed by atoms with van der Waals surface area (Å²) in [6.45, 7) is 1.31. The topological polar surface area (TPSA) is 142 Å². The monoisotopic (exact) mass is 600 g/mol. The molecule has 5 heterocycles. The van der Waals surface area contributed by atoms with Crippen LogP contribution in [0, 0.1) is 5.82 Å². The van der Waals surface area contributed by atoms with Crippen molar-refractivity contribution in [1.82, 2.24) is 39.8 Å². The van der Waals surface area contributed by atoms with Crippen LogP contribution in [0.25, 0.3) is 55.7 Å². The molecule has 11 nitrogen and oxygen atoms in total. The zero-order chi connectivity index (χ0) is 30.1. The number of aromatic amines is 2. The Kier molecular flexibility index (Phi) is 7.61. The number of hydrogen-bond donors (Lipinski definition) is 3. The number of halogens is 1. The quantitative estimate of drug-likeness (QED) is 0.211. The average Bonchev–Trinajstić information content (AvgIpc) is 3.59. The number of likely N-dealkylation sites (N-methyl/N-ethyl adjacent to an activating group) is 1. The average molecular weight is 601 g/mol. The second kappa shape index (κ2) is 11.5. The van der Waals surface area contributed by atoms with Gasteiger partial charge in [-0.1, -0.05) is 0 Å². The van der Waals surface area contributed by atoms with Gasteiger partial charge in [-0.15, -0.1) is 0 Å². The molecule has 5 aromatic heterocycles. The molecule has 43 heavy (non-hydrogen) atoms. The van der Waals surface area contributed by atoms with Crippen molar-refractivity contribution in [3.63, 3.8) is 0 Å². The second-order valence-corrected chi connectivity index (χ2v) is 12.3. The first-order valence-electron chi connectivity index (χ1n) is 13.4. The molecule has 0 radical (unpaired) electrons. The van der Waals surface area contributed by atoms with Crippen LogP contribution in [0.1, 0.15) is 5.56 Å². The number of nitrogens with one attached hydrogen (secondary N) is 3. The van der Waals surface area contributed by atoms with E-state index in [0.29, 0.717) is 34.8 Å². The van der Waals surface area contributed by atoms with E-state index in [1.54, 1.807) is 30.9 Å². The van der Waals surface area contributed by atoms with E-state index >= 15 is 0 Å². The lowest BCUT2D eigenvalue weighted by atomic mass is 10.0. The highest BCUT2D eigenvalue weighted by Crippen LogP contribution is 2.34. The van der Waals surface area contributed by atoms with Crippen LogP contribution in [0.4, 0.5) is 4.39 Å². The molecule has 0 saturated carbocycles. The van der Waals surface area contributed by atoms with Gasteiger partial charge in [0.2, 0.25) is 10.0 Å². The van der Waals surface area contributed by atoms with E-state index in [2.05, 4.69) is 34.9 Å². The number of hydrogen-bond acceptors (Lipinski definition) is 8. The minimum Gasteiger partial charge on any atom is -0.491 e. The van der Waals surface area contributed by atoms with Crippen molar-refractivity contribution < 1.29 is 17.5 Å². The molecule has 6 aromatic rings. The van der Waals surface area contributed by atoms with E-state index in [4.69, 9.17) is 4.74 Å². The summed E-state index contributed by atoms with van der Waals surface area (Å²) in [5.74, 6) is 0.187. The van der Waals surface area contributed by atoms with Crippen LogP contribution in [0.2, 0.25) is 0 Å². The molecule has 0 spiro atoms. The third-order valence-electron chi connectivity index (χ3n) is 6.85. The van der Waals surface area contributed by atoms with E-state index < -0.39 is 15.8 Å². The van der Waals surface area contributed by atoms with E-state index in [1.165, 1.54) is 12.1 Å². The van der Waals surface area contributed by atoms with Gasteiger partial charge in [0.05, 0.1) is 29.5 Å². The molecule has 1 aromatic carbocycles. The van der Waals surface area contributed by atoms with Crippen molar-refractivity contribution in [2.24, 2.45) is 0 Å². The van der Waals surface area contributed by atoms with Crippen LogP contribution in [0.3, 0.4) is 0 Å². The number of fused-ring (bicyclic) bond motifs is 2. The van der Waals surface area contributed by atoms with E-state index in [1.807, 2.05) is 43.3 Å². The maximum atomic E-state index is 14.6. The van der Waals surface area contributed by atoms with Gasteiger partial charge in [-0.3, -0.25) is 15.1 Å². The predicted molar refractivity (Wildman–Crippen MR) is 163 cm³/mol. The number of H-pyrrole nitrogens is 2. The third kappa shape index (κ3) is 6.38. The summed E-state index contributed by atoms with van der Waals surface area (Å²) in [5, 5.41) is 9.06. The smallest absolute Gasteiger partial charge is 0.209 e. The van der Waals surface area contributed by atoms with E-state index in [-0.39, 0.29) is 6.54 Å². The Morgan fingerprint density at radius 1 is 0.977 bits per heavy atom. The molecular weight excluding hydrogens is 571 g/mol. The number of ether oxygens (including phenoxy) is 1. The predicted octanol–water partition coefficient (Wildman–Crippen LogP) is 4.36. The van der Waals surface area contributed by atoms with Crippen molar-refractivity contribution in [2.45, 2.75) is 6.54 Å². The Balaban J connectivity index is 1.35. The van der Waals surface area contributed by atoms with E-state index in [9.17, 15) is 12.8 Å². The Bertz CT molecular complexity index is 2060. The number of aromatic nitrogens is 6. The van der Waals surface area contributed by atoms with Crippen molar-refractivity contribution in [1.29, 1.82) is 0 Å². The fourth-order valence-corrected chi connectivity index (χ4v) is 5.22. The third-order valence-corrected chi connectivity index (χ3v) is 7.52. The molecule has 0 atom stereocenters. The van der Waals surface area contributed by atoms with Gasteiger partial charge in [-0.2, -0.15) is 5.10 Å². The van der Waals surface area contributed by atoms with Gasteiger partial charge in [0.15, 0.2) is 5.65 Å². The zero-order valence-electron chi connectivity index (χ0n) is 23.7. The SMILES string of the molecule is CN(C)CCOc1cncc(-c2cnc3n[nH]c(-c4cc5c(-c6cc(F)cc(CNS(C)(=O)=O)c6)nccc5[nH]4)c3c2)c1. The number of pyridine rings is 3. The van der Waals surface area contributed by atoms with Gasteiger partial charge < -0.3 is 14.6 Å². The van der Waals surface area contributed by atoms with Crippen LogP contribution < -0.4 is 9.46 Å². The fourth-order valence-electron chi connectivity index (χ4n) is 4.79. The first-order chi connectivity index (χ1) is 20.6. The Labute approximate surface area is 247 Å². The van der Waals surface area contributed by atoms with Crippen LogP contribution >= 0.6 is 0 Å². The summed E-state index contributed by atoms with van der Waals surface area (Å²) in [5.41, 5.74) is 6.10. The van der Waals surface area contributed by atoms with Crippen molar-refractivity contribution in [2.75, 3.05) is 33.5 Å². The number of sulfonamides is 1. The minimum absolute atomic E-state index is 0.0337. The molecule has 0 saturated heterocycles. The molecule has 0 fully saturated rings. The minimum atomic E-state index is -3.44. The summed E-state index contributed by atoms with van der Waals surface area (Å²) in [4.78, 5) is 18.9. The maximum Gasteiger partial charge on any atom is 0.209 e.